The molecule has 0 amide bonds. The van der Waals surface area contributed by atoms with Crippen molar-refractivity contribution in [3.05, 3.63) is 58.0 Å². The fourth-order valence-corrected chi connectivity index (χ4v) is 4.46. The molecule has 1 aromatic carbocycles. The molecule has 1 aromatic heterocycles. The van der Waals surface area contributed by atoms with Gasteiger partial charge < -0.3 is 16.0 Å². The number of hydrogen-bond acceptors (Lipinski definition) is 6. The van der Waals surface area contributed by atoms with E-state index in [0.717, 1.165) is 36.9 Å². The van der Waals surface area contributed by atoms with Crippen LogP contribution in [0, 0.1) is 5.92 Å². The number of unbranched alkanes of at least 4 members (excludes halogenated alkanes) is 1. The summed E-state index contributed by atoms with van der Waals surface area (Å²) in [5.74, 6) is 6.70. The number of nitrogens with two attached hydrogens (primary N) is 2. The number of nitrogens with one attached hydrogen (secondary N) is 2. The van der Waals surface area contributed by atoms with Gasteiger partial charge in [-0.15, -0.1) is 0 Å². The Balaban J connectivity index is 1.82. The van der Waals surface area contributed by atoms with Crippen LogP contribution < -0.4 is 22.5 Å². The zero-order valence-corrected chi connectivity index (χ0v) is 20.6. The van der Waals surface area contributed by atoms with E-state index in [1.165, 1.54) is 24.4 Å². The van der Waals surface area contributed by atoms with Crippen LogP contribution in [-0.4, -0.2) is 28.2 Å². The largest absolute Gasteiger partial charge is 0.383 e. The van der Waals surface area contributed by atoms with Crippen molar-refractivity contribution >= 4 is 23.4 Å². The first-order valence-electron chi connectivity index (χ1n) is 12.4. The molecule has 1 aliphatic carbocycles. The molecule has 0 aliphatic heterocycles. The van der Waals surface area contributed by atoms with Gasteiger partial charge in [-0.3, -0.25) is 4.79 Å². The molecular formula is C26H39N7O. The number of rotatable bonds is 10. The summed E-state index contributed by atoms with van der Waals surface area (Å²) in [5.41, 5.74) is 8.93. The number of anilines is 1. The summed E-state index contributed by atoms with van der Waals surface area (Å²) in [6, 6.07) is 9.92. The average molecular weight is 466 g/mol. The standard InChI is InChI=1S/C26H39N7O/c1-4-5-16-30-33(28)24(18(2)3)19-11-13-21(14-12-19)32-25(27)23-22(15-17-29-26(23)34)31-20-9-7-6-8-10-20/h11-18,20,24H,4-10,28H2,1-3H3,(H2,27,32)(H2,29,31,34)/b30-16-. The van der Waals surface area contributed by atoms with Gasteiger partial charge in [-0.2, -0.15) is 5.10 Å². The Hall–Kier alpha value is -3.13. The van der Waals surface area contributed by atoms with Crippen molar-refractivity contribution in [1.82, 2.24) is 10.1 Å². The molecule has 8 heteroatoms. The molecule has 0 radical (unpaired) electrons. The number of benzene rings is 1. The summed E-state index contributed by atoms with van der Waals surface area (Å²) >= 11 is 0. The van der Waals surface area contributed by atoms with Crippen LogP contribution in [0.4, 0.5) is 11.4 Å². The van der Waals surface area contributed by atoms with Gasteiger partial charge in [-0.1, -0.05) is 58.6 Å². The van der Waals surface area contributed by atoms with Crippen molar-refractivity contribution in [1.29, 1.82) is 0 Å². The summed E-state index contributed by atoms with van der Waals surface area (Å²) in [6.45, 7) is 6.34. The van der Waals surface area contributed by atoms with Gasteiger partial charge in [0.2, 0.25) is 0 Å². The molecule has 3 rings (SSSR count). The van der Waals surface area contributed by atoms with Crippen LogP contribution in [0.1, 0.15) is 82.9 Å². The zero-order chi connectivity index (χ0) is 24.5. The minimum Gasteiger partial charge on any atom is -0.383 e. The van der Waals surface area contributed by atoms with E-state index in [-0.39, 0.29) is 23.4 Å². The van der Waals surface area contributed by atoms with Crippen LogP contribution in [0.25, 0.3) is 0 Å². The predicted octanol–water partition coefficient (Wildman–Crippen LogP) is 4.82. The van der Waals surface area contributed by atoms with Crippen LogP contribution in [0.2, 0.25) is 0 Å². The zero-order valence-electron chi connectivity index (χ0n) is 20.6. The highest BCUT2D eigenvalue weighted by Gasteiger charge is 2.21. The third-order valence-electron chi connectivity index (χ3n) is 6.22. The maximum Gasteiger partial charge on any atom is 0.261 e. The molecule has 1 aliphatic rings. The first-order valence-corrected chi connectivity index (χ1v) is 12.4. The van der Waals surface area contributed by atoms with Crippen molar-refractivity contribution < 1.29 is 0 Å². The first-order chi connectivity index (χ1) is 16.4. The molecular weight excluding hydrogens is 426 g/mol. The summed E-state index contributed by atoms with van der Waals surface area (Å²) in [4.78, 5) is 19.9. The van der Waals surface area contributed by atoms with Crippen LogP contribution in [-0.2, 0) is 0 Å². The monoisotopic (exact) mass is 465 g/mol. The van der Waals surface area contributed by atoms with Crippen molar-refractivity contribution in [2.75, 3.05) is 5.32 Å². The summed E-state index contributed by atoms with van der Waals surface area (Å²) in [7, 11) is 0. The Morgan fingerprint density at radius 2 is 1.91 bits per heavy atom. The van der Waals surface area contributed by atoms with Crippen LogP contribution >= 0.6 is 0 Å². The van der Waals surface area contributed by atoms with Gasteiger partial charge in [-0.05, 0) is 48.9 Å². The lowest BCUT2D eigenvalue weighted by molar-refractivity contribution is 0.165. The van der Waals surface area contributed by atoms with Crippen molar-refractivity contribution in [3.8, 4) is 0 Å². The number of aliphatic imine (C=N–C) groups is 1. The normalized spacial score (nSPS) is 16.2. The highest BCUT2D eigenvalue weighted by atomic mass is 16.1. The number of nitrogens with zero attached hydrogens (tertiary/aromatic N) is 3. The third-order valence-corrected chi connectivity index (χ3v) is 6.22. The molecule has 6 N–H and O–H groups in total. The lowest BCUT2D eigenvalue weighted by Crippen LogP contribution is -2.33. The molecule has 1 unspecified atom stereocenters. The fourth-order valence-electron chi connectivity index (χ4n) is 4.46. The van der Waals surface area contributed by atoms with Gasteiger partial charge in [0.25, 0.3) is 5.56 Å². The van der Waals surface area contributed by atoms with Crippen molar-refractivity contribution in [3.63, 3.8) is 0 Å². The fraction of sp³-hybridized carbons (Fsp3) is 0.500. The van der Waals surface area contributed by atoms with Gasteiger partial charge in [0.1, 0.15) is 11.4 Å². The van der Waals surface area contributed by atoms with Gasteiger partial charge in [0.15, 0.2) is 0 Å². The lowest BCUT2D eigenvalue weighted by atomic mass is 9.95. The molecule has 0 spiro atoms. The highest BCUT2D eigenvalue weighted by molar-refractivity contribution is 6.03. The van der Waals surface area contributed by atoms with Crippen LogP contribution in [0.15, 0.2) is 51.4 Å². The molecule has 8 nitrogen and oxygen atoms in total. The molecule has 34 heavy (non-hydrogen) atoms. The topological polar surface area (TPSA) is 125 Å². The molecule has 2 aromatic rings. The minimum atomic E-state index is -0.248. The van der Waals surface area contributed by atoms with Crippen LogP contribution in [0.3, 0.4) is 0 Å². The van der Waals surface area contributed by atoms with Gasteiger partial charge in [0.05, 0.1) is 17.4 Å². The van der Waals surface area contributed by atoms with Gasteiger partial charge >= 0.3 is 0 Å². The van der Waals surface area contributed by atoms with E-state index in [1.807, 2.05) is 36.5 Å². The maximum absolute atomic E-state index is 12.6. The third kappa shape index (κ3) is 6.70. The van der Waals surface area contributed by atoms with E-state index in [4.69, 9.17) is 11.6 Å². The van der Waals surface area contributed by atoms with Crippen LogP contribution in [0.5, 0.6) is 0 Å². The quantitative estimate of drug-likeness (QED) is 0.173. The Labute approximate surface area is 202 Å². The van der Waals surface area contributed by atoms with E-state index < -0.39 is 0 Å². The Morgan fingerprint density at radius 1 is 1.21 bits per heavy atom. The first kappa shape index (κ1) is 25.5. The number of hydrazone groups is 1. The van der Waals surface area contributed by atoms with E-state index in [9.17, 15) is 4.79 Å². The highest BCUT2D eigenvalue weighted by Crippen LogP contribution is 2.29. The number of hydrogen-bond donors (Lipinski definition) is 4. The number of hydrazine groups is 1. The molecule has 0 bridgehead atoms. The predicted molar refractivity (Wildman–Crippen MR) is 141 cm³/mol. The second-order valence-electron chi connectivity index (χ2n) is 9.32. The Kier molecular flexibility index (Phi) is 9.27. The molecule has 1 fully saturated rings. The Morgan fingerprint density at radius 3 is 2.56 bits per heavy atom. The average Bonchev–Trinajstić information content (AvgIpc) is 2.81. The summed E-state index contributed by atoms with van der Waals surface area (Å²) in [6.07, 6.45) is 11.3. The number of aromatic amines is 1. The number of pyridine rings is 1. The molecule has 0 saturated heterocycles. The minimum absolute atomic E-state index is 0.0632. The lowest BCUT2D eigenvalue weighted by Gasteiger charge is -2.28. The maximum atomic E-state index is 12.6. The number of amidine groups is 1. The summed E-state index contributed by atoms with van der Waals surface area (Å²) < 4.78 is 0. The number of aromatic nitrogens is 1. The van der Waals surface area contributed by atoms with E-state index >= 15 is 0 Å². The molecule has 1 saturated carbocycles. The molecule has 184 valence electrons. The van der Waals surface area contributed by atoms with Crippen molar-refractivity contribution in [2.24, 2.45) is 27.6 Å². The van der Waals surface area contributed by atoms with E-state index in [1.54, 1.807) is 6.20 Å². The Bertz CT molecular complexity index is 1020. The summed E-state index contributed by atoms with van der Waals surface area (Å²) in [5, 5.41) is 9.42. The second-order valence-corrected chi connectivity index (χ2v) is 9.32. The van der Waals surface area contributed by atoms with Crippen molar-refractivity contribution in [2.45, 2.75) is 77.8 Å². The van der Waals surface area contributed by atoms with E-state index in [2.05, 4.69) is 41.2 Å². The SMILES string of the molecule is CCC/C=N\N(N)C(c1ccc(N=C(N)c2c(NC3CCCCC3)cc[nH]c2=O)cc1)C(C)C. The smallest absolute Gasteiger partial charge is 0.261 e. The van der Waals surface area contributed by atoms with Gasteiger partial charge in [-0.25, -0.2) is 16.0 Å². The van der Waals surface area contributed by atoms with Gasteiger partial charge in [0, 0.05) is 18.5 Å². The molecule has 1 atom stereocenters. The number of H-pyrrole nitrogens is 1. The van der Waals surface area contributed by atoms with E-state index in [0.29, 0.717) is 17.3 Å². The molecule has 1 heterocycles. The second kappa shape index (κ2) is 12.4.